The summed E-state index contributed by atoms with van der Waals surface area (Å²) < 4.78 is 44.9. The van der Waals surface area contributed by atoms with Crippen molar-refractivity contribution in [2.45, 2.75) is 82.7 Å². The number of aliphatic hydroxyl groups is 2. The molecule has 1 heterocycles. The zero-order valence-electron chi connectivity index (χ0n) is 27.0. The summed E-state index contributed by atoms with van der Waals surface area (Å²) >= 11 is 0. The predicted molar refractivity (Wildman–Crippen MR) is 169 cm³/mol. The topological polar surface area (TPSA) is 222 Å². The quantitative estimate of drug-likeness (QED) is 0.106. The summed E-state index contributed by atoms with van der Waals surface area (Å²) in [6.07, 6.45) is -9.27. The minimum Gasteiger partial charge on any atom is -0.423 e. The number of aliphatic hydroxyl groups excluding tert-OH is 2. The molecule has 0 aliphatic rings. The van der Waals surface area contributed by atoms with Crippen LogP contribution >= 0.6 is 0 Å². The molecule has 0 radical (unpaired) electrons. The minimum atomic E-state index is -5.09. The molecule has 0 fully saturated rings. The molecule has 2 aromatic carbocycles. The molecule has 0 spiro atoms. The molecule has 6 unspecified atom stereocenters. The smallest absolute Gasteiger partial charge is 0.416 e. The number of aromatic nitrogens is 2. The average Bonchev–Trinajstić information content (AvgIpc) is 3.59. The van der Waals surface area contributed by atoms with Gasteiger partial charge in [0.2, 0.25) is 30.0 Å². The van der Waals surface area contributed by atoms with E-state index in [1.54, 1.807) is 56.3 Å². The third-order valence-electron chi connectivity index (χ3n) is 7.48. The van der Waals surface area contributed by atoms with E-state index in [1.165, 1.54) is 25.5 Å². The van der Waals surface area contributed by atoms with Crippen LogP contribution in [0.2, 0.25) is 0 Å². The van der Waals surface area contributed by atoms with E-state index in [-0.39, 0.29) is 24.3 Å². The highest BCUT2D eigenvalue weighted by Gasteiger charge is 2.44. The molecule has 8 N–H and O–H groups in total. The van der Waals surface area contributed by atoms with Crippen molar-refractivity contribution in [3.05, 3.63) is 72.1 Å². The third kappa shape index (κ3) is 11.7. The number of halogens is 3. The monoisotopic (exact) mass is 691 g/mol. The molecule has 6 atom stereocenters. The molecular formula is C32H40F3N7O7. The minimum absolute atomic E-state index is 0.0353. The molecule has 266 valence electrons. The number of amides is 4. The first-order valence-electron chi connectivity index (χ1n) is 15.4. The summed E-state index contributed by atoms with van der Waals surface area (Å²) in [5.74, 6) is -3.35. The molecular weight excluding hydrogens is 651 g/mol. The van der Waals surface area contributed by atoms with Crippen molar-refractivity contribution in [3.63, 3.8) is 0 Å². The normalized spacial score (nSPS) is 15.3. The van der Waals surface area contributed by atoms with E-state index >= 15 is 0 Å². The van der Waals surface area contributed by atoms with Crippen molar-refractivity contribution in [1.82, 2.24) is 31.5 Å². The number of rotatable bonds is 16. The van der Waals surface area contributed by atoms with E-state index in [0.29, 0.717) is 11.1 Å². The summed E-state index contributed by atoms with van der Waals surface area (Å²) in [6.45, 7) is 4.60. The van der Waals surface area contributed by atoms with Crippen LogP contribution in [0.5, 0.6) is 0 Å². The fraction of sp³-hybridized carbons (Fsp3) is 0.438. The zero-order chi connectivity index (χ0) is 36.3. The Hall–Kier alpha value is -4.87. The average molecular weight is 692 g/mol. The maximum Gasteiger partial charge on any atom is 0.416 e. The van der Waals surface area contributed by atoms with Crippen LogP contribution in [0.1, 0.15) is 49.5 Å². The first kappa shape index (κ1) is 38.6. The Balaban J connectivity index is 1.73. The molecule has 0 saturated carbocycles. The highest BCUT2D eigenvalue weighted by atomic mass is 19.4. The van der Waals surface area contributed by atoms with Crippen LogP contribution in [0.4, 0.5) is 13.2 Å². The Kier molecular flexibility index (Phi) is 13.8. The second-order valence-corrected chi connectivity index (χ2v) is 11.7. The molecule has 4 amide bonds. The molecule has 49 heavy (non-hydrogen) atoms. The highest BCUT2D eigenvalue weighted by Crippen LogP contribution is 2.24. The van der Waals surface area contributed by atoms with Gasteiger partial charge in [-0.15, -0.1) is 10.2 Å². The van der Waals surface area contributed by atoms with Gasteiger partial charge < -0.3 is 41.6 Å². The van der Waals surface area contributed by atoms with Gasteiger partial charge in [0.15, 0.2) is 6.10 Å². The number of nitrogens with one attached hydrogen (secondary N) is 4. The van der Waals surface area contributed by atoms with Crippen molar-refractivity contribution in [3.8, 4) is 11.5 Å². The van der Waals surface area contributed by atoms with Crippen LogP contribution < -0.4 is 27.0 Å². The van der Waals surface area contributed by atoms with Gasteiger partial charge in [-0.2, -0.15) is 13.2 Å². The van der Waals surface area contributed by atoms with Crippen LogP contribution in [-0.4, -0.2) is 86.7 Å². The number of nitrogens with two attached hydrogens (primary N) is 1. The Morgan fingerprint density at radius 1 is 0.857 bits per heavy atom. The molecule has 0 saturated heterocycles. The second kappa shape index (κ2) is 17.5. The Morgan fingerprint density at radius 2 is 1.51 bits per heavy atom. The van der Waals surface area contributed by atoms with Crippen LogP contribution in [0.3, 0.4) is 0 Å². The van der Waals surface area contributed by atoms with Crippen molar-refractivity contribution in [2.24, 2.45) is 11.7 Å². The molecule has 17 heteroatoms. The van der Waals surface area contributed by atoms with Gasteiger partial charge in [0.25, 0.3) is 5.91 Å². The fourth-order valence-corrected chi connectivity index (χ4v) is 4.72. The van der Waals surface area contributed by atoms with Crippen LogP contribution in [-0.2, 0) is 20.8 Å². The Bertz CT molecular complexity index is 1520. The van der Waals surface area contributed by atoms with Crippen molar-refractivity contribution < 1.29 is 47.0 Å². The Morgan fingerprint density at radius 3 is 2.06 bits per heavy atom. The van der Waals surface area contributed by atoms with E-state index in [2.05, 4.69) is 31.5 Å². The predicted octanol–water partition coefficient (Wildman–Crippen LogP) is 1.19. The summed E-state index contributed by atoms with van der Waals surface area (Å²) in [7, 11) is 0. The number of benzene rings is 2. The standard InChI is InChI=1S/C32H40F3N7O7/c1-17(2)25(41-28(46)20-9-11-21(12-10-20)31-42-37-16-49-31)30(48)40-23(15-19-7-5-4-6-8-19)29(47)38-18(3)27(45)39-22(13-14-24(36)43)26(44)32(33,34)35/h4-12,16-18,22-26,43-44H,13-15,36H2,1-3H3,(H,38,47)(H,39,45)(H,40,48)(H,41,46). The first-order chi connectivity index (χ1) is 23.1. The van der Waals surface area contributed by atoms with Gasteiger partial charge in [-0.25, -0.2) is 0 Å². The first-order valence-corrected chi connectivity index (χ1v) is 15.4. The summed E-state index contributed by atoms with van der Waals surface area (Å²) in [5, 5.41) is 36.3. The largest absolute Gasteiger partial charge is 0.423 e. The van der Waals surface area contributed by atoms with Crippen LogP contribution in [0.15, 0.2) is 65.4 Å². The summed E-state index contributed by atoms with van der Waals surface area (Å²) in [4.78, 5) is 53.0. The molecule has 0 aliphatic carbocycles. The molecule has 1 aromatic heterocycles. The lowest BCUT2D eigenvalue weighted by Gasteiger charge is -2.28. The molecule has 3 aromatic rings. The highest BCUT2D eigenvalue weighted by molar-refractivity contribution is 5.99. The Labute approximate surface area is 280 Å². The van der Waals surface area contributed by atoms with E-state index in [0.717, 1.165) is 0 Å². The number of carbonyl (C=O) groups is 4. The van der Waals surface area contributed by atoms with Crippen molar-refractivity contribution >= 4 is 23.6 Å². The maximum atomic E-state index is 13.5. The summed E-state index contributed by atoms with van der Waals surface area (Å²) in [5.41, 5.74) is 6.66. The second-order valence-electron chi connectivity index (χ2n) is 11.7. The fourth-order valence-electron chi connectivity index (χ4n) is 4.72. The van der Waals surface area contributed by atoms with Gasteiger partial charge in [-0.3, -0.25) is 19.2 Å². The van der Waals surface area contributed by atoms with E-state index in [1.807, 2.05) is 0 Å². The number of alkyl halides is 3. The van der Waals surface area contributed by atoms with Crippen LogP contribution in [0.25, 0.3) is 11.5 Å². The van der Waals surface area contributed by atoms with E-state index in [9.17, 15) is 42.6 Å². The summed E-state index contributed by atoms with van der Waals surface area (Å²) in [6, 6.07) is 9.15. The lowest BCUT2D eigenvalue weighted by Crippen LogP contribution is -2.59. The molecule has 3 rings (SSSR count). The van der Waals surface area contributed by atoms with Crippen molar-refractivity contribution in [1.29, 1.82) is 0 Å². The number of carbonyl (C=O) groups excluding carboxylic acids is 4. The zero-order valence-corrected chi connectivity index (χ0v) is 27.0. The number of nitrogens with zero attached hydrogens (tertiary/aromatic N) is 2. The molecule has 0 bridgehead atoms. The van der Waals surface area contributed by atoms with Gasteiger partial charge in [0.1, 0.15) is 24.4 Å². The lowest BCUT2D eigenvalue weighted by molar-refractivity contribution is -0.213. The number of hydrogen-bond donors (Lipinski definition) is 7. The van der Waals surface area contributed by atoms with Gasteiger partial charge in [-0.1, -0.05) is 44.2 Å². The maximum absolute atomic E-state index is 13.5. The van der Waals surface area contributed by atoms with Gasteiger partial charge in [0, 0.05) is 17.5 Å². The SMILES string of the molecule is CC(NC(=O)C(Cc1ccccc1)NC(=O)C(NC(=O)c1ccc(-c2nnco2)cc1)C(C)C)C(=O)NC(CCC(N)O)C(O)C(F)(F)F. The van der Waals surface area contributed by atoms with E-state index in [4.69, 9.17) is 10.2 Å². The number of hydrogen-bond acceptors (Lipinski definition) is 10. The molecule has 0 aliphatic heterocycles. The van der Waals surface area contributed by atoms with Crippen molar-refractivity contribution in [2.75, 3.05) is 0 Å². The van der Waals surface area contributed by atoms with Crippen LogP contribution in [0, 0.1) is 5.92 Å². The van der Waals surface area contributed by atoms with Gasteiger partial charge >= 0.3 is 6.18 Å². The van der Waals surface area contributed by atoms with Gasteiger partial charge in [0.05, 0.1) is 6.04 Å². The molecule has 14 nitrogen and oxygen atoms in total. The van der Waals surface area contributed by atoms with E-state index < -0.39 is 78.6 Å². The third-order valence-corrected chi connectivity index (χ3v) is 7.48. The van der Waals surface area contributed by atoms with Gasteiger partial charge in [-0.05, 0) is 55.5 Å². The lowest BCUT2D eigenvalue weighted by atomic mass is 10.00.